The molecule has 3 rings (SSSR count). The number of amides is 1. The van der Waals surface area contributed by atoms with Gasteiger partial charge in [0.1, 0.15) is 5.82 Å². The van der Waals surface area contributed by atoms with Crippen LogP contribution in [0.15, 0.2) is 36.5 Å². The van der Waals surface area contributed by atoms with Crippen molar-refractivity contribution in [1.29, 1.82) is 0 Å². The van der Waals surface area contributed by atoms with Crippen molar-refractivity contribution < 1.29 is 23.5 Å². The van der Waals surface area contributed by atoms with Crippen LogP contribution in [0.25, 0.3) is 0 Å². The zero-order valence-electron chi connectivity index (χ0n) is 21.0. The monoisotopic (exact) mass is 520 g/mol. The lowest BCUT2D eigenvalue weighted by atomic mass is 10.1. The average molecular weight is 521 g/mol. The number of carbonyl (C=O) groups excluding carboxylic acids is 2. The lowest BCUT2D eigenvalue weighted by Crippen LogP contribution is -2.58. The van der Waals surface area contributed by atoms with E-state index in [9.17, 15) is 14.0 Å². The molecule has 1 N–H and O–H groups in total. The summed E-state index contributed by atoms with van der Waals surface area (Å²) in [7, 11) is 0. The van der Waals surface area contributed by atoms with E-state index in [4.69, 9.17) is 21.1 Å². The van der Waals surface area contributed by atoms with Crippen molar-refractivity contribution in [3.63, 3.8) is 0 Å². The van der Waals surface area contributed by atoms with Gasteiger partial charge < -0.3 is 19.7 Å². The quantitative estimate of drug-likeness (QED) is 0.352. The maximum Gasteiger partial charge on any atom is 0.305 e. The van der Waals surface area contributed by atoms with Gasteiger partial charge in [0.15, 0.2) is 6.61 Å². The van der Waals surface area contributed by atoms with Crippen molar-refractivity contribution in [1.82, 2.24) is 14.8 Å². The number of halogens is 2. The first-order valence-electron chi connectivity index (χ1n) is 12.2. The highest BCUT2D eigenvalue weighted by Crippen LogP contribution is 2.26. The second kappa shape index (κ2) is 13.4. The zero-order chi connectivity index (χ0) is 26.1. The third-order valence-corrected chi connectivity index (χ3v) is 6.27. The second-order valence-corrected chi connectivity index (χ2v) is 9.37. The number of anilines is 1. The largest absolute Gasteiger partial charge is 0.466 e. The van der Waals surface area contributed by atoms with Gasteiger partial charge in [0.05, 0.1) is 17.3 Å². The summed E-state index contributed by atoms with van der Waals surface area (Å²) in [4.78, 5) is 32.9. The smallest absolute Gasteiger partial charge is 0.305 e. The Morgan fingerprint density at radius 1 is 1.19 bits per heavy atom. The van der Waals surface area contributed by atoms with E-state index in [-0.39, 0.29) is 42.3 Å². The Balaban J connectivity index is 1.52. The zero-order valence-corrected chi connectivity index (χ0v) is 21.8. The van der Waals surface area contributed by atoms with Gasteiger partial charge in [-0.05, 0) is 51.0 Å². The predicted octanol–water partition coefficient (Wildman–Crippen LogP) is 4.13. The van der Waals surface area contributed by atoms with Crippen LogP contribution >= 0.6 is 11.6 Å². The molecule has 1 saturated heterocycles. The number of rotatable bonds is 11. The molecule has 1 aliphatic heterocycles. The first-order valence-corrected chi connectivity index (χ1v) is 12.6. The van der Waals surface area contributed by atoms with E-state index in [0.29, 0.717) is 56.3 Å². The maximum atomic E-state index is 13.2. The number of piperazine rings is 1. The van der Waals surface area contributed by atoms with Crippen molar-refractivity contribution in [2.24, 2.45) is 0 Å². The Bertz CT molecular complexity index is 1020. The van der Waals surface area contributed by atoms with Gasteiger partial charge in [0.2, 0.25) is 5.88 Å². The Labute approximate surface area is 216 Å². The molecule has 36 heavy (non-hydrogen) atoms. The van der Waals surface area contributed by atoms with Crippen LogP contribution in [0, 0.1) is 5.82 Å². The van der Waals surface area contributed by atoms with Crippen molar-refractivity contribution in [2.45, 2.75) is 52.2 Å². The fraction of sp³-hybridized carbons (Fsp3) is 0.500. The van der Waals surface area contributed by atoms with Gasteiger partial charge in [-0.2, -0.15) is 0 Å². The molecule has 2 aromatic rings. The lowest BCUT2D eigenvalue weighted by Gasteiger charge is -2.44. The molecule has 1 amide bonds. The minimum atomic E-state index is -0.249. The molecular formula is C26H34ClFN4O4. The van der Waals surface area contributed by atoms with Gasteiger partial charge >= 0.3 is 5.97 Å². The molecule has 0 unspecified atom stereocenters. The molecular weight excluding hydrogens is 487 g/mol. The van der Waals surface area contributed by atoms with Crippen molar-refractivity contribution in [2.75, 3.05) is 38.2 Å². The Morgan fingerprint density at radius 2 is 1.94 bits per heavy atom. The van der Waals surface area contributed by atoms with Crippen LogP contribution in [0.5, 0.6) is 5.88 Å². The van der Waals surface area contributed by atoms with Gasteiger partial charge in [0.25, 0.3) is 5.91 Å². The van der Waals surface area contributed by atoms with Crippen molar-refractivity contribution >= 4 is 29.2 Å². The molecule has 0 spiro atoms. The fourth-order valence-corrected chi connectivity index (χ4v) is 4.32. The van der Waals surface area contributed by atoms with Gasteiger partial charge in [-0.3, -0.25) is 14.5 Å². The molecule has 1 aromatic heterocycles. The summed E-state index contributed by atoms with van der Waals surface area (Å²) in [6.45, 7) is 8.54. The molecule has 10 heteroatoms. The van der Waals surface area contributed by atoms with E-state index >= 15 is 0 Å². The molecule has 0 aliphatic carbocycles. The molecule has 0 saturated carbocycles. The predicted molar refractivity (Wildman–Crippen MR) is 137 cm³/mol. The second-order valence-electron chi connectivity index (χ2n) is 8.93. The van der Waals surface area contributed by atoms with Crippen LogP contribution in [0.4, 0.5) is 10.1 Å². The number of nitrogens with one attached hydrogen (secondary N) is 1. The van der Waals surface area contributed by atoms with Crippen LogP contribution in [-0.2, 0) is 20.9 Å². The van der Waals surface area contributed by atoms with Crippen LogP contribution < -0.4 is 10.1 Å². The van der Waals surface area contributed by atoms with Gasteiger partial charge in [0, 0.05) is 50.9 Å². The van der Waals surface area contributed by atoms with Crippen LogP contribution in [0.1, 0.15) is 39.2 Å². The van der Waals surface area contributed by atoms with Gasteiger partial charge in [-0.15, -0.1) is 0 Å². The Hall–Kier alpha value is -2.91. The van der Waals surface area contributed by atoms with E-state index in [1.54, 1.807) is 25.1 Å². The number of ether oxygens (including phenoxy) is 2. The SMILES string of the molecule is CCOC(=O)CCCNc1cc(Cl)cnc1OCC(=O)N1C[C@H](C)N(Cc2ccc(F)cc2)C[C@H]1C. The normalized spacial score (nSPS) is 18.1. The molecule has 0 bridgehead atoms. The number of hydrogen-bond acceptors (Lipinski definition) is 7. The minimum Gasteiger partial charge on any atom is -0.466 e. The third kappa shape index (κ3) is 8.06. The Morgan fingerprint density at radius 3 is 2.67 bits per heavy atom. The first kappa shape index (κ1) is 27.7. The topological polar surface area (TPSA) is 84.0 Å². The summed E-state index contributed by atoms with van der Waals surface area (Å²) in [5, 5.41) is 3.60. The number of benzene rings is 1. The maximum absolute atomic E-state index is 13.2. The molecule has 1 aromatic carbocycles. The summed E-state index contributed by atoms with van der Waals surface area (Å²) in [5.41, 5.74) is 1.60. The number of carbonyl (C=O) groups is 2. The number of nitrogens with zero attached hydrogens (tertiary/aromatic N) is 3. The minimum absolute atomic E-state index is 0.00334. The fourth-order valence-electron chi connectivity index (χ4n) is 4.16. The summed E-state index contributed by atoms with van der Waals surface area (Å²) in [5.74, 6) is -0.340. The van der Waals surface area contributed by atoms with E-state index in [2.05, 4.69) is 22.1 Å². The van der Waals surface area contributed by atoms with Gasteiger partial charge in [-0.25, -0.2) is 9.37 Å². The average Bonchev–Trinajstić information content (AvgIpc) is 2.84. The molecule has 1 aliphatic rings. The summed E-state index contributed by atoms with van der Waals surface area (Å²) in [6, 6.07) is 8.33. The first-order chi connectivity index (χ1) is 17.3. The van der Waals surface area contributed by atoms with E-state index in [1.165, 1.54) is 18.3 Å². The van der Waals surface area contributed by atoms with E-state index in [0.717, 1.165) is 5.56 Å². The van der Waals surface area contributed by atoms with Crippen LogP contribution in [0.2, 0.25) is 5.02 Å². The van der Waals surface area contributed by atoms with Crippen molar-refractivity contribution in [3.05, 3.63) is 52.9 Å². The van der Waals surface area contributed by atoms with Crippen LogP contribution in [0.3, 0.4) is 0 Å². The highest BCUT2D eigenvalue weighted by atomic mass is 35.5. The van der Waals surface area contributed by atoms with Crippen molar-refractivity contribution in [3.8, 4) is 5.88 Å². The van der Waals surface area contributed by atoms with Gasteiger partial charge in [-0.1, -0.05) is 23.7 Å². The summed E-state index contributed by atoms with van der Waals surface area (Å²) in [6.07, 6.45) is 2.33. The summed E-state index contributed by atoms with van der Waals surface area (Å²) >= 11 is 6.09. The molecule has 0 radical (unpaired) electrons. The molecule has 2 heterocycles. The molecule has 196 valence electrons. The number of esters is 1. The Kier molecular flexibility index (Phi) is 10.3. The lowest BCUT2D eigenvalue weighted by molar-refractivity contribution is -0.143. The molecule has 1 fully saturated rings. The van der Waals surface area contributed by atoms with E-state index in [1.807, 2.05) is 11.8 Å². The third-order valence-electron chi connectivity index (χ3n) is 6.06. The summed E-state index contributed by atoms with van der Waals surface area (Å²) < 4.78 is 23.9. The van der Waals surface area contributed by atoms with Crippen LogP contribution in [-0.4, -0.2) is 71.6 Å². The highest BCUT2D eigenvalue weighted by Gasteiger charge is 2.32. The standard InChI is InChI=1S/C26H34ClFN4O4/c1-4-35-25(34)6-5-11-29-23-12-21(27)13-30-26(23)36-17-24(33)32-15-18(2)31(14-19(32)3)16-20-7-9-22(28)10-8-20/h7-10,12-13,18-19,29H,4-6,11,14-17H2,1-3H3/t18-,19+/m0/s1. The molecule has 2 atom stereocenters. The number of hydrogen-bond donors (Lipinski definition) is 1. The number of pyridine rings is 1. The van der Waals surface area contributed by atoms with E-state index < -0.39 is 0 Å². The molecule has 8 nitrogen and oxygen atoms in total. The highest BCUT2D eigenvalue weighted by molar-refractivity contribution is 6.30. The number of aromatic nitrogens is 1.